The van der Waals surface area contributed by atoms with Gasteiger partial charge in [-0.3, -0.25) is 0 Å². The lowest BCUT2D eigenvalue weighted by molar-refractivity contribution is -0.152. The molecule has 0 saturated heterocycles. The van der Waals surface area contributed by atoms with E-state index in [4.69, 9.17) is 12.0 Å². The first kappa shape index (κ1) is 9.74. The number of carbonyl (C=O) groups is 1. The zero-order valence-corrected chi connectivity index (χ0v) is 7.01. The van der Waals surface area contributed by atoms with Gasteiger partial charge in [0, 0.05) is 6.92 Å². The summed E-state index contributed by atoms with van der Waals surface area (Å²) >= 11 is 0. The zero-order valence-electron chi connectivity index (χ0n) is 7.01. The Bertz CT molecular complexity index is 267. The van der Waals surface area contributed by atoms with Crippen LogP contribution >= 0.6 is 0 Å². The number of hydrogen-bond acceptors (Lipinski definition) is 3. The molecule has 0 fully saturated rings. The van der Waals surface area contributed by atoms with Gasteiger partial charge in [-0.15, -0.1) is 0 Å². The van der Waals surface area contributed by atoms with Gasteiger partial charge in [-0.05, 0) is 5.56 Å². The number of benzene rings is 1. The Balaban J connectivity index is 2.40. The van der Waals surface area contributed by atoms with Crippen LogP contribution in [0.4, 0.5) is 0 Å². The minimum atomic E-state index is -1.55. The molecule has 2 radical (unpaired) electrons. The fourth-order valence-electron chi connectivity index (χ4n) is 0.814. The molecule has 0 bridgehead atoms. The molecule has 1 aromatic rings. The topological polar surface area (TPSA) is 46.5 Å². The van der Waals surface area contributed by atoms with E-state index in [-0.39, 0.29) is 6.61 Å². The predicted molar refractivity (Wildman–Crippen MR) is 46.5 cm³/mol. The highest BCUT2D eigenvalue weighted by molar-refractivity contribution is 5.74. The maximum absolute atomic E-state index is 10.7. The third kappa shape index (κ3) is 3.25. The fraction of sp³-hybridized carbons (Fsp3) is 0.200. The van der Waals surface area contributed by atoms with Crippen LogP contribution < -0.4 is 0 Å². The van der Waals surface area contributed by atoms with Crippen molar-refractivity contribution in [1.82, 2.24) is 0 Å². The molecule has 3 heteroatoms. The van der Waals surface area contributed by atoms with E-state index >= 15 is 0 Å². The van der Waals surface area contributed by atoms with Gasteiger partial charge in [0.15, 0.2) is 6.10 Å². The molecule has 13 heavy (non-hydrogen) atoms. The first-order valence-electron chi connectivity index (χ1n) is 3.84. The predicted octanol–water partition coefficient (Wildman–Crippen LogP) is 0.802. The van der Waals surface area contributed by atoms with Crippen LogP contribution in [0.2, 0.25) is 0 Å². The third-order valence-corrected chi connectivity index (χ3v) is 1.47. The first-order valence-corrected chi connectivity index (χ1v) is 3.84. The highest BCUT2D eigenvalue weighted by Gasteiger charge is 2.09. The van der Waals surface area contributed by atoms with E-state index < -0.39 is 12.1 Å². The van der Waals surface area contributed by atoms with Crippen LogP contribution in [0.1, 0.15) is 5.56 Å². The van der Waals surface area contributed by atoms with Gasteiger partial charge in [0.1, 0.15) is 6.61 Å². The summed E-state index contributed by atoms with van der Waals surface area (Å²) in [5.41, 5.74) is 0.858. The summed E-state index contributed by atoms with van der Waals surface area (Å²) in [5.74, 6) is -0.816. The Morgan fingerprint density at radius 3 is 2.62 bits per heavy atom. The van der Waals surface area contributed by atoms with Gasteiger partial charge < -0.3 is 9.84 Å². The minimum Gasteiger partial charge on any atom is -0.459 e. The molecule has 0 amide bonds. The maximum Gasteiger partial charge on any atom is 0.335 e. The highest BCUT2D eigenvalue weighted by atomic mass is 16.5. The average molecular weight is 178 g/mol. The van der Waals surface area contributed by atoms with Crippen molar-refractivity contribution >= 4 is 5.97 Å². The summed E-state index contributed by atoms with van der Waals surface area (Å²) in [6.45, 7) is 5.01. The molecule has 1 aromatic carbocycles. The van der Waals surface area contributed by atoms with E-state index in [1.165, 1.54) is 0 Å². The molecule has 0 spiro atoms. The molecule has 1 atom stereocenters. The van der Waals surface area contributed by atoms with Crippen LogP contribution in [0.3, 0.4) is 0 Å². The number of carbonyl (C=O) groups excluding carboxylic acids is 1. The Morgan fingerprint density at radius 2 is 2.08 bits per heavy atom. The molecule has 0 unspecified atom stereocenters. The van der Waals surface area contributed by atoms with Crippen molar-refractivity contribution in [1.29, 1.82) is 0 Å². The number of rotatable bonds is 3. The first-order chi connectivity index (χ1) is 6.20. The average Bonchev–Trinajstić information content (AvgIpc) is 2.15. The summed E-state index contributed by atoms with van der Waals surface area (Å²) in [6.07, 6.45) is -1.55. The van der Waals surface area contributed by atoms with E-state index in [9.17, 15) is 4.79 Å². The van der Waals surface area contributed by atoms with Gasteiger partial charge >= 0.3 is 5.97 Å². The van der Waals surface area contributed by atoms with Crippen molar-refractivity contribution in [2.45, 2.75) is 12.7 Å². The van der Waals surface area contributed by atoms with Gasteiger partial charge in [0.05, 0.1) is 0 Å². The number of hydrogen-bond donors (Lipinski definition) is 1. The molecule has 0 aliphatic rings. The highest BCUT2D eigenvalue weighted by Crippen LogP contribution is 2.01. The lowest BCUT2D eigenvalue weighted by Crippen LogP contribution is -2.19. The molecule has 0 heterocycles. The van der Waals surface area contributed by atoms with Gasteiger partial charge in [0.25, 0.3) is 0 Å². The number of aliphatic hydroxyl groups excluding tert-OH is 1. The van der Waals surface area contributed by atoms with E-state index in [1.807, 2.05) is 30.3 Å². The molecule has 0 aromatic heterocycles. The largest absolute Gasteiger partial charge is 0.459 e. The maximum atomic E-state index is 10.7. The van der Waals surface area contributed by atoms with Crippen molar-refractivity contribution in [3.05, 3.63) is 42.8 Å². The van der Waals surface area contributed by atoms with E-state index in [1.54, 1.807) is 0 Å². The van der Waals surface area contributed by atoms with Crippen LogP contribution in [-0.4, -0.2) is 17.2 Å². The SMILES string of the molecule is [CH][C@@H](O)C(=O)OCc1ccccc1. The van der Waals surface area contributed by atoms with Crippen molar-refractivity contribution in [2.75, 3.05) is 0 Å². The second-order valence-electron chi connectivity index (χ2n) is 2.54. The van der Waals surface area contributed by atoms with Crippen LogP contribution in [-0.2, 0) is 16.1 Å². The Hall–Kier alpha value is -1.35. The lowest BCUT2D eigenvalue weighted by atomic mass is 10.2. The molecule has 0 aliphatic carbocycles. The Morgan fingerprint density at radius 1 is 1.46 bits per heavy atom. The van der Waals surface area contributed by atoms with Crippen molar-refractivity contribution < 1.29 is 14.6 Å². The van der Waals surface area contributed by atoms with Crippen LogP contribution in [0, 0.1) is 6.92 Å². The molecule has 3 nitrogen and oxygen atoms in total. The van der Waals surface area contributed by atoms with E-state index in [0.29, 0.717) is 0 Å². The molecule has 0 saturated carbocycles. The van der Waals surface area contributed by atoms with Crippen LogP contribution in [0.15, 0.2) is 30.3 Å². The summed E-state index contributed by atoms with van der Waals surface area (Å²) in [6, 6.07) is 9.17. The van der Waals surface area contributed by atoms with Crippen molar-refractivity contribution in [2.24, 2.45) is 0 Å². The molecular weight excluding hydrogens is 168 g/mol. The fourth-order valence-corrected chi connectivity index (χ4v) is 0.814. The Labute approximate surface area is 77.0 Å². The number of aliphatic hydroxyl groups is 1. The minimum absolute atomic E-state index is 0.133. The quantitative estimate of drug-likeness (QED) is 0.696. The molecule has 1 N–H and O–H groups in total. The second kappa shape index (κ2) is 4.62. The van der Waals surface area contributed by atoms with E-state index in [2.05, 4.69) is 4.74 Å². The summed E-state index contributed by atoms with van der Waals surface area (Å²) < 4.78 is 4.68. The summed E-state index contributed by atoms with van der Waals surface area (Å²) in [7, 11) is 0. The standard InChI is InChI=1S/C10H10O3/c1-8(11)10(12)13-7-9-5-3-2-4-6-9/h1-6,8,11H,7H2/t8-/m1/s1. The Kier molecular flexibility index (Phi) is 3.46. The van der Waals surface area contributed by atoms with Gasteiger partial charge in [-0.2, -0.15) is 0 Å². The number of esters is 1. The van der Waals surface area contributed by atoms with Crippen molar-refractivity contribution in [3.8, 4) is 0 Å². The van der Waals surface area contributed by atoms with Gasteiger partial charge in [-0.25, -0.2) is 4.79 Å². The second-order valence-corrected chi connectivity index (χ2v) is 2.54. The molecular formula is C10H10O3. The zero-order chi connectivity index (χ0) is 9.68. The van der Waals surface area contributed by atoms with Crippen LogP contribution in [0.25, 0.3) is 0 Å². The lowest BCUT2D eigenvalue weighted by Gasteiger charge is -2.05. The number of ether oxygens (including phenoxy) is 1. The summed E-state index contributed by atoms with van der Waals surface area (Å²) in [4.78, 5) is 10.7. The van der Waals surface area contributed by atoms with Gasteiger partial charge in [-0.1, -0.05) is 30.3 Å². The molecule has 68 valence electrons. The smallest absolute Gasteiger partial charge is 0.335 e. The molecule has 1 rings (SSSR count). The summed E-state index contributed by atoms with van der Waals surface area (Å²) in [5, 5.41) is 8.60. The van der Waals surface area contributed by atoms with Crippen molar-refractivity contribution in [3.63, 3.8) is 0 Å². The monoisotopic (exact) mass is 178 g/mol. The third-order valence-electron chi connectivity index (χ3n) is 1.47. The normalized spacial score (nSPS) is 12.2. The molecule has 0 aliphatic heterocycles. The van der Waals surface area contributed by atoms with Crippen LogP contribution in [0.5, 0.6) is 0 Å². The van der Waals surface area contributed by atoms with Gasteiger partial charge in [0.2, 0.25) is 0 Å². The van der Waals surface area contributed by atoms with E-state index in [0.717, 1.165) is 5.56 Å².